The minimum absolute atomic E-state index is 0.526. The minimum atomic E-state index is 0.526. The van der Waals surface area contributed by atoms with Crippen LogP contribution >= 0.6 is 11.8 Å². The number of benzene rings is 1. The summed E-state index contributed by atoms with van der Waals surface area (Å²) in [7, 11) is 0. The first kappa shape index (κ1) is 14.5. The molecule has 2 nitrogen and oxygen atoms in total. The fourth-order valence-electron chi connectivity index (χ4n) is 2.26. The molecule has 3 heteroatoms. The van der Waals surface area contributed by atoms with Gasteiger partial charge in [0.05, 0.1) is 0 Å². The predicted molar refractivity (Wildman–Crippen MR) is 86.9 cm³/mol. The van der Waals surface area contributed by atoms with Gasteiger partial charge in [0, 0.05) is 42.0 Å². The lowest BCUT2D eigenvalue weighted by Gasteiger charge is -2.10. The topological polar surface area (TPSA) is 17.0 Å². The highest BCUT2D eigenvalue weighted by molar-refractivity contribution is 7.99. The molecule has 1 aromatic heterocycles. The average Bonchev–Trinajstić information content (AvgIpc) is 2.80. The van der Waals surface area contributed by atoms with Gasteiger partial charge in [-0.05, 0) is 23.4 Å². The molecule has 0 atom stereocenters. The molecule has 0 radical (unpaired) electrons. The Bertz CT molecular complexity index is 516. The lowest BCUT2D eigenvalue weighted by Crippen LogP contribution is -2.21. The molecule has 2 aromatic rings. The summed E-state index contributed by atoms with van der Waals surface area (Å²) in [6.07, 6.45) is 2.22. The van der Waals surface area contributed by atoms with Gasteiger partial charge < -0.3 is 9.88 Å². The summed E-state index contributed by atoms with van der Waals surface area (Å²) >= 11 is 2.00. The monoisotopic (exact) mass is 276 g/mol. The van der Waals surface area contributed by atoms with Crippen molar-refractivity contribution >= 4 is 22.7 Å². The van der Waals surface area contributed by atoms with Crippen LogP contribution in [0.3, 0.4) is 0 Å². The number of nitrogens with one attached hydrogen (secondary N) is 1. The van der Waals surface area contributed by atoms with Crippen LogP contribution in [0.4, 0.5) is 0 Å². The van der Waals surface area contributed by atoms with E-state index in [4.69, 9.17) is 0 Å². The minimum Gasteiger partial charge on any atom is -0.347 e. The van der Waals surface area contributed by atoms with Crippen molar-refractivity contribution in [3.63, 3.8) is 0 Å². The first-order valence-electron chi connectivity index (χ1n) is 7.10. The summed E-state index contributed by atoms with van der Waals surface area (Å²) in [5.74, 6) is 2.39. The maximum Gasteiger partial charge on any atom is 0.0483 e. The molecular weight excluding hydrogens is 252 g/mol. The summed E-state index contributed by atoms with van der Waals surface area (Å²) in [6, 6.07) is 9.40. The summed E-state index contributed by atoms with van der Waals surface area (Å²) in [6.45, 7) is 8.64. The van der Waals surface area contributed by atoms with E-state index in [9.17, 15) is 0 Å². The van der Waals surface area contributed by atoms with Crippen LogP contribution < -0.4 is 5.32 Å². The number of hydrogen-bond donors (Lipinski definition) is 1. The molecule has 0 spiro atoms. The van der Waals surface area contributed by atoms with Gasteiger partial charge in [-0.2, -0.15) is 11.8 Å². The first-order valence-corrected chi connectivity index (χ1v) is 8.25. The summed E-state index contributed by atoms with van der Waals surface area (Å²) < 4.78 is 2.37. The van der Waals surface area contributed by atoms with Gasteiger partial charge in [-0.1, -0.05) is 32.9 Å². The van der Waals surface area contributed by atoms with Crippen molar-refractivity contribution in [3.8, 4) is 0 Å². The Hall–Kier alpha value is -0.930. The van der Waals surface area contributed by atoms with E-state index in [0.717, 1.165) is 13.1 Å². The molecule has 0 fully saturated rings. The highest BCUT2D eigenvalue weighted by Crippen LogP contribution is 2.21. The zero-order valence-corrected chi connectivity index (χ0v) is 13.0. The molecule has 0 bridgehead atoms. The molecule has 1 aromatic carbocycles. The van der Waals surface area contributed by atoms with Gasteiger partial charge in [0.25, 0.3) is 0 Å². The van der Waals surface area contributed by atoms with Crippen LogP contribution in [0.2, 0.25) is 0 Å². The standard InChI is InChI=1S/C16H24N2S/c1-4-19-11-10-18-9-8-15-14(12-17-13(2)3)6-5-7-16(15)18/h5-9,13,17H,4,10-12H2,1-3H3. The second kappa shape index (κ2) is 7.01. The number of hydrogen-bond acceptors (Lipinski definition) is 2. The smallest absolute Gasteiger partial charge is 0.0483 e. The van der Waals surface area contributed by atoms with E-state index in [1.807, 2.05) is 11.8 Å². The van der Waals surface area contributed by atoms with Gasteiger partial charge in [0.2, 0.25) is 0 Å². The van der Waals surface area contributed by atoms with Gasteiger partial charge in [0.15, 0.2) is 0 Å². The summed E-state index contributed by atoms with van der Waals surface area (Å²) in [4.78, 5) is 0. The fourth-order valence-corrected chi connectivity index (χ4v) is 2.87. The number of fused-ring (bicyclic) bond motifs is 1. The Balaban J connectivity index is 2.16. The molecular formula is C16H24N2S. The van der Waals surface area contributed by atoms with Crippen molar-refractivity contribution in [2.45, 2.75) is 39.9 Å². The summed E-state index contributed by atoms with van der Waals surface area (Å²) in [5, 5.41) is 4.89. The molecule has 19 heavy (non-hydrogen) atoms. The molecule has 1 N–H and O–H groups in total. The van der Waals surface area contributed by atoms with E-state index in [1.54, 1.807) is 0 Å². The lowest BCUT2D eigenvalue weighted by atomic mass is 10.1. The van der Waals surface area contributed by atoms with Gasteiger partial charge in [-0.25, -0.2) is 0 Å². The molecule has 0 saturated heterocycles. The highest BCUT2D eigenvalue weighted by Gasteiger charge is 2.05. The number of nitrogens with zero attached hydrogens (tertiary/aromatic N) is 1. The van der Waals surface area contributed by atoms with E-state index in [1.165, 1.54) is 28.0 Å². The molecule has 0 unspecified atom stereocenters. The Labute approximate surface area is 120 Å². The molecule has 0 amide bonds. The van der Waals surface area contributed by atoms with Crippen LogP contribution in [0.1, 0.15) is 26.3 Å². The van der Waals surface area contributed by atoms with Crippen LogP contribution in [0.25, 0.3) is 10.9 Å². The van der Waals surface area contributed by atoms with Gasteiger partial charge in [-0.15, -0.1) is 0 Å². The second-order valence-electron chi connectivity index (χ2n) is 5.09. The zero-order valence-electron chi connectivity index (χ0n) is 12.1. The van der Waals surface area contributed by atoms with E-state index in [0.29, 0.717) is 6.04 Å². The van der Waals surface area contributed by atoms with Crippen molar-refractivity contribution in [2.24, 2.45) is 0 Å². The maximum absolute atomic E-state index is 3.50. The van der Waals surface area contributed by atoms with Crippen molar-refractivity contribution in [2.75, 3.05) is 11.5 Å². The van der Waals surface area contributed by atoms with Crippen LogP contribution in [-0.4, -0.2) is 22.1 Å². The Morgan fingerprint density at radius 3 is 2.84 bits per heavy atom. The van der Waals surface area contributed by atoms with E-state index >= 15 is 0 Å². The lowest BCUT2D eigenvalue weighted by molar-refractivity contribution is 0.590. The molecule has 2 rings (SSSR count). The molecule has 0 aliphatic heterocycles. The number of aryl methyl sites for hydroxylation is 1. The Morgan fingerprint density at radius 2 is 2.11 bits per heavy atom. The SMILES string of the molecule is CCSCCn1ccc2c(CNC(C)C)cccc21. The van der Waals surface area contributed by atoms with Crippen LogP contribution in [-0.2, 0) is 13.1 Å². The van der Waals surface area contributed by atoms with Crippen molar-refractivity contribution in [1.82, 2.24) is 9.88 Å². The van der Waals surface area contributed by atoms with E-state index in [2.05, 4.69) is 61.1 Å². The molecule has 1 heterocycles. The van der Waals surface area contributed by atoms with Crippen LogP contribution in [0.15, 0.2) is 30.5 Å². The first-order chi connectivity index (χ1) is 9.22. The van der Waals surface area contributed by atoms with Crippen molar-refractivity contribution < 1.29 is 0 Å². The molecule has 0 aliphatic rings. The third-order valence-corrected chi connectivity index (χ3v) is 4.16. The van der Waals surface area contributed by atoms with Crippen molar-refractivity contribution in [1.29, 1.82) is 0 Å². The van der Waals surface area contributed by atoms with Gasteiger partial charge in [-0.3, -0.25) is 0 Å². The van der Waals surface area contributed by atoms with E-state index in [-0.39, 0.29) is 0 Å². The van der Waals surface area contributed by atoms with Crippen LogP contribution in [0.5, 0.6) is 0 Å². The average molecular weight is 276 g/mol. The number of aromatic nitrogens is 1. The third-order valence-electron chi connectivity index (χ3n) is 3.29. The Morgan fingerprint density at radius 1 is 1.26 bits per heavy atom. The maximum atomic E-state index is 3.50. The van der Waals surface area contributed by atoms with Crippen LogP contribution in [0, 0.1) is 0 Å². The molecule has 0 saturated carbocycles. The van der Waals surface area contributed by atoms with Gasteiger partial charge in [0.1, 0.15) is 0 Å². The number of thioether (sulfide) groups is 1. The van der Waals surface area contributed by atoms with Gasteiger partial charge >= 0.3 is 0 Å². The normalized spacial score (nSPS) is 11.6. The zero-order chi connectivity index (χ0) is 13.7. The van der Waals surface area contributed by atoms with E-state index < -0.39 is 0 Å². The number of rotatable bonds is 7. The highest BCUT2D eigenvalue weighted by atomic mass is 32.2. The molecule has 104 valence electrons. The van der Waals surface area contributed by atoms with Crippen molar-refractivity contribution in [3.05, 3.63) is 36.0 Å². The quantitative estimate of drug-likeness (QED) is 0.773. The summed E-state index contributed by atoms with van der Waals surface area (Å²) in [5.41, 5.74) is 2.76. The predicted octanol–water partition coefficient (Wildman–Crippen LogP) is 3.89. The largest absolute Gasteiger partial charge is 0.347 e. The third kappa shape index (κ3) is 3.77. The fraction of sp³-hybridized carbons (Fsp3) is 0.500. The second-order valence-corrected chi connectivity index (χ2v) is 6.49. The molecule has 0 aliphatic carbocycles. The Kier molecular flexibility index (Phi) is 5.34.